The summed E-state index contributed by atoms with van der Waals surface area (Å²) in [5, 5.41) is 3.67. The maximum Gasteiger partial charge on any atom is 0.0959 e. The number of aromatic nitrogens is 1. The molecule has 84 valence electrons. The number of rotatable bonds is 3. The third-order valence-electron chi connectivity index (χ3n) is 3.70. The Kier molecular flexibility index (Phi) is 3.45. The van der Waals surface area contributed by atoms with E-state index >= 15 is 0 Å². The molecule has 1 saturated carbocycles. The highest BCUT2D eigenvalue weighted by Crippen LogP contribution is 2.39. The van der Waals surface area contributed by atoms with E-state index in [2.05, 4.69) is 26.2 Å². The lowest BCUT2D eigenvalue weighted by Gasteiger charge is -2.06. The molecule has 0 spiro atoms. The van der Waals surface area contributed by atoms with Crippen LogP contribution in [0.2, 0.25) is 0 Å². The number of nitrogens with zero attached hydrogens (tertiary/aromatic N) is 1. The molecule has 0 amide bonds. The molecular formula is C13H21NS. The molecule has 3 unspecified atom stereocenters. The maximum atomic E-state index is 4.82. The molecule has 15 heavy (non-hydrogen) atoms. The van der Waals surface area contributed by atoms with Crippen molar-refractivity contribution in [3.63, 3.8) is 0 Å². The summed E-state index contributed by atoms with van der Waals surface area (Å²) >= 11 is 1.88. The fraction of sp³-hybridized carbons (Fsp3) is 0.769. The Hall–Kier alpha value is -0.370. The summed E-state index contributed by atoms with van der Waals surface area (Å²) in [6.07, 6.45) is 5.30. The minimum Gasteiger partial charge on any atom is -0.246 e. The Bertz CT molecular complexity index is 318. The Morgan fingerprint density at radius 1 is 1.53 bits per heavy atom. The van der Waals surface area contributed by atoms with Crippen LogP contribution in [-0.4, -0.2) is 4.98 Å². The summed E-state index contributed by atoms with van der Waals surface area (Å²) in [5.41, 5.74) is 1.32. The first-order valence-electron chi connectivity index (χ1n) is 6.16. The molecule has 1 nitrogen and oxygen atoms in total. The molecule has 3 atom stereocenters. The van der Waals surface area contributed by atoms with E-state index in [-0.39, 0.29) is 0 Å². The van der Waals surface area contributed by atoms with Gasteiger partial charge in [0.15, 0.2) is 0 Å². The van der Waals surface area contributed by atoms with Crippen molar-refractivity contribution in [1.82, 2.24) is 4.98 Å². The average molecular weight is 223 g/mol. The van der Waals surface area contributed by atoms with E-state index < -0.39 is 0 Å². The van der Waals surface area contributed by atoms with Gasteiger partial charge in [-0.25, -0.2) is 4.98 Å². The van der Waals surface area contributed by atoms with Crippen LogP contribution in [0, 0.1) is 5.92 Å². The highest BCUT2D eigenvalue weighted by Gasteiger charge is 2.25. The van der Waals surface area contributed by atoms with Crippen LogP contribution in [0.15, 0.2) is 5.38 Å². The number of hydrogen-bond acceptors (Lipinski definition) is 2. The van der Waals surface area contributed by atoms with Crippen molar-refractivity contribution in [3.05, 3.63) is 16.1 Å². The summed E-state index contributed by atoms with van der Waals surface area (Å²) in [6.45, 7) is 6.88. The minimum atomic E-state index is 0.633. The van der Waals surface area contributed by atoms with Gasteiger partial charge in [-0.05, 0) is 31.1 Å². The van der Waals surface area contributed by atoms with Crippen molar-refractivity contribution in [2.45, 2.75) is 58.3 Å². The summed E-state index contributed by atoms with van der Waals surface area (Å²) in [5.74, 6) is 2.31. The Labute approximate surface area is 96.9 Å². The predicted octanol–water partition coefficient (Wildman–Crippen LogP) is 4.56. The van der Waals surface area contributed by atoms with Crippen LogP contribution in [0.4, 0.5) is 0 Å². The van der Waals surface area contributed by atoms with Crippen molar-refractivity contribution >= 4 is 11.3 Å². The zero-order valence-corrected chi connectivity index (χ0v) is 10.8. The Morgan fingerprint density at radius 2 is 2.33 bits per heavy atom. The topological polar surface area (TPSA) is 12.9 Å². The molecule has 0 saturated heterocycles. The van der Waals surface area contributed by atoms with Gasteiger partial charge < -0.3 is 0 Å². The zero-order chi connectivity index (χ0) is 10.8. The van der Waals surface area contributed by atoms with Crippen molar-refractivity contribution in [1.29, 1.82) is 0 Å². The maximum absolute atomic E-state index is 4.82. The van der Waals surface area contributed by atoms with Crippen molar-refractivity contribution < 1.29 is 0 Å². The van der Waals surface area contributed by atoms with Gasteiger partial charge in [0, 0.05) is 11.3 Å². The highest BCUT2D eigenvalue weighted by molar-refractivity contribution is 7.09. The van der Waals surface area contributed by atoms with Crippen LogP contribution < -0.4 is 0 Å². The van der Waals surface area contributed by atoms with Gasteiger partial charge in [-0.2, -0.15) is 0 Å². The van der Waals surface area contributed by atoms with Gasteiger partial charge in [0.05, 0.1) is 10.7 Å². The molecule has 0 N–H and O–H groups in total. The van der Waals surface area contributed by atoms with Gasteiger partial charge in [0.2, 0.25) is 0 Å². The molecule has 2 heteroatoms. The standard InChI is InChI=1S/C13H21NS/c1-4-10(3)12-8-15-13(14-12)11-6-5-9(2)7-11/h8-11H,4-7H2,1-3H3. The van der Waals surface area contributed by atoms with Crippen molar-refractivity contribution in [3.8, 4) is 0 Å². The van der Waals surface area contributed by atoms with E-state index in [4.69, 9.17) is 4.98 Å². The molecule has 2 rings (SSSR count). The van der Waals surface area contributed by atoms with Crippen LogP contribution in [0.25, 0.3) is 0 Å². The lowest BCUT2D eigenvalue weighted by molar-refractivity contribution is 0.594. The quantitative estimate of drug-likeness (QED) is 0.732. The molecule has 1 heterocycles. The SMILES string of the molecule is CCC(C)c1csc(C2CCC(C)C2)n1. The first-order chi connectivity index (χ1) is 7.20. The summed E-state index contributed by atoms with van der Waals surface area (Å²) in [4.78, 5) is 4.82. The third kappa shape index (κ3) is 2.41. The molecule has 1 aromatic rings. The van der Waals surface area contributed by atoms with E-state index in [1.54, 1.807) is 0 Å². The van der Waals surface area contributed by atoms with E-state index in [9.17, 15) is 0 Å². The van der Waals surface area contributed by atoms with Gasteiger partial charge in [-0.15, -0.1) is 11.3 Å². The Morgan fingerprint density at radius 3 is 2.93 bits per heavy atom. The van der Waals surface area contributed by atoms with E-state index in [0.717, 1.165) is 11.8 Å². The highest BCUT2D eigenvalue weighted by atomic mass is 32.1. The van der Waals surface area contributed by atoms with Crippen molar-refractivity contribution in [2.75, 3.05) is 0 Å². The van der Waals surface area contributed by atoms with Gasteiger partial charge in [-0.3, -0.25) is 0 Å². The fourth-order valence-electron chi connectivity index (χ4n) is 2.36. The smallest absolute Gasteiger partial charge is 0.0959 e. The fourth-order valence-corrected chi connectivity index (χ4v) is 3.45. The molecule has 1 aliphatic carbocycles. The largest absolute Gasteiger partial charge is 0.246 e. The van der Waals surface area contributed by atoms with E-state index in [1.807, 2.05) is 11.3 Å². The monoisotopic (exact) mass is 223 g/mol. The zero-order valence-electron chi connectivity index (χ0n) is 9.99. The normalized spacial score (nSPS) is 28.2. The molecule has 1 aromatic heterocycles. The number of thiazole rings is 1. The molecule has 1 fully saturated rings. The van der Waals surface area contributed by atoms with Crippen LogP contribution >= 0.6 is 11.3 Å². The van der Waals surface area contributed by atoms with Crippen LogP contribution in [-0.2, 0) is 0 Å². The number of hydrogen-bond donors (Lipinski definition) is 0. The second-order valence-electron chi connectivity index (χ2n) is 5.04. The molecule has 0 aromatic carbocycles. The molecule has 0 aliphatic heterocycles. The predicted molar refractivity (Wildman–Crippen MR) is 66.6 cm³/mol. The lowest BCUT2D eigenvalue weighted by Crippen LogP contribution is -1.96. The van der Waals surface area contributed by atoms with E-state index in [0.29, 0.717) is 5.92 Å². The molecular weight excluding hydrogens is 202 g/mol. The van der Waals surface area contributed by atoms with Gasteiger partial charge in [0.25, 0.3) is 0 Å². The molecule has 0 radical (unpaired) electrons. The Balaban J connectivity index is 2.07. The van der Waals surface area contributed by atoms with Crippen molar-refractivity contribution in [2.24, 2.45) is 5.92 Å². The summed E-state index contributed by atoms with van der Waals surface area (Å²) in [7, 11) is 0. The second kappa shape index (κ2) is 4.65. The van der Waals surface area contributed by atoms with Crippen LogP contribution in [0.5, 0.6) is 0 Å². The average Bonchev–Trinajstić information content (AvgIpc) is 2.84. The van der Waals surface area contributed by atoms with Gasteiger partial charge in [-0.1, -0.05) is 27.2 Å². The third-order valence-corrected chi connectivity index (χ3v) is 4.73. The second-order valence-corrected chi connectivity index (χ2v) is 5.92. The first kappa shape index (κ1) is 11.1. The summed E-state index contributed by atoms with van der Waals surface area (Å²) < 4.78 is 0. The van der Waals surface area contributed by atoms with Crippen LogP contribution in [0.3, 0.4) is 0 Å². The summed E-state index contributed by atoms with van der Waals surface area (Å²) in [6, 6.07) is 0. The molecule has 1 aliphatic rings. The van der Waals surface area contributed by atoms with Crippen LogP contribution in [0.1, 0.15) is 69.0 Å². The molecule has 0 bridgehead atoms. The van der Waals surface area contributed by atoms with E-state index in [1.165, 1.54) is 36.4 Å². The lowest BCUT2D eigenvalue weighted by atomic mass is 10.1. The van der Waals surface area contributed by atoms with Gasteiger partial charge in [0.1, 0.15) is 0 Å². The van der Waals surface area contributed by atoms with Gasteiger partial charge >= 0.3 is 0 Å². The first-order valence-corrected chi connectivity index (χ1v) is 7.04. The minimum absolute atomic E-state index is 0.633.